The largest absolute Gasteiger partial charge is 0.573 e. The smallest absolute Gasteiger partial charge is 0.406 e. The number of aryl methyl sites for hydroxylation is 4. The molecule has 0 radical (unpaired) electrons. The number of sulfonamides is 2. The molecule has 4 aliphatic heterocycles. The van der Waals surface area contributed by atoms with Crippen molar-refractivity contribution in [2.75, 3.05) is 50.9 Å². The summed E-state index contributed by atoms with van der Waals surface area (Å²) in [6.45, 7) is 11.6. The lowest BCUT2D eigenvalue weighted by Gasteiger charge is -2.34. The second-order valence-electron chi connectivity index (χ2n) is 17.8. The minimum absolute atomic E-state index is 0.0742. The number of benzene rings is 4. The number of nitrogens with zero attached hydrogens (tertiary/aromatic N) is 4. The van der Waals surface area contributed by atoms with Crippen LogP contribution in [0.3, 0.4) is 0 Å². The van der Waals surface area contributed by atoms with Crippen LogP contribution in [0.4, 0.5) is 37.7 Å². The van der Waals surface area contributed by atoms with Crippen LogP contribution in [0.1, 0.15) is 64.6 Å². The first-order chi connectivity index (χ1) is 35.0. The molecule has 2 amide bonds. The highest BCUT2D eigenvalue weighted by Gasteiger charge is 2.49. The summed E-state index contributed by atoms with van der Waals surface area (Å²) in [4.78, 5) is 34.1. The van der Waals surface area contributed by atoms with Crippen molar-refractivity contribution in [1.29, 1.82) is 0 Å². The number of hydrogen-bond donors (Lipinski definition) is 4. The third-order valence-electron chi connectivity index (χ3n) is 12.7. The molecule has 0 aromatic heterocycles. The van der Waals surface area contributed by atoms with E-state index in [9.17, 15) is 52.8 Å². The van der Waals surface area contributed by atoms with Gasteiger partial charge in [0.05, 0.1) is 0 Å². The van der Waals surface area contributed by atoms with E-state index in [1.807, 2.05) is 40.1 Å². The van der Waals surface area contributed by atoms with Gasteiger partial charge in [-0.25, -0.2) is 16.8 Å². The summed E-state index contributed by atoms with van der Waals surface area (Å²) in [6, 6.07) is 18.4. The average Bonchev–Trinajstić information content (AvgIpc) is 3.83. The van der Waals surface area contributed by atoms with Crippen molar-refractivity contribution in [3.05, 3.63) is 134 Å². The Hall–Kier alpha value is -6.28. The molecule has 0 saturated carbocycles. The summed E-state index contributed by atoms with van der Waals surface area (Å²) in [5.41, 5.74) is 5.55. The van der Waals surface area contributed by atoms with Crippen LogP contribution in [0.25, 0.3) is 6.08 Å². The van der Waals surface area contributed by atoms with E-state index in [4.69, 9.17) is 0 Å². The number of hydrogen-bond acceptors (Lipinski definition) is 12. The van der Waals surface area contributed by atoms with Crippen LogP contribution in [0.5, 0.6) is 11.5 Å². The maximum absolute atomic E-state index is 13.0. The third-order valence-corrected chi connectivity index (χ3v) is 17.0. The summed E-state index contributed by atoms with van der Waals surface area (Å²) in [5.74, 6) is -1.41. The van der Waals surface area contributed by atoms with Gasteiger partial charge in [-0.2, -0.15) is 8.61 Å². The number of carbonyl (C=O) groups excluding carboxylic acids is 2. The summed E-state index contributed by atoms with van der Waals surface area (Å²) >= 11 is 3.51. The number of carbonyl (C=O) groups is 2. The number of nitrogens with one attached hydrogen (secondary N) is 4. The second kappa shape index (κ2) is 22.9. The normalized spacial score (nSPS) is 17.7. The number of amides is 2. The summed E-state index contributed by atoms with van der Waals surface area (Å²) < 4.78 is 136. The van der Waals surface area contributed by atoms with Crippen molar-refractivity contribution in [2.45, 2.75) is 77.2 Å². The van der Waals surface area contributed by atoms with Gasteiger partial charge in [0.25, 0.3) is 11.8 Å². The highest BCUT2D eigenvalue weighted by atomic mass is 79.9. The number of anilines is 2. The summed E-state index contributed by atoms with van der Waals surface area (Å²) in [5, 5.41) is 13.4. The van der Waals surface area contributed by atoms with Crippen molar-refractivity contribution >= 4 is 76.9 Å². The summed E-state index contributed by atoms with van der Waals surface area (Å²) in [6.07, 6.45) is -7.49. The first-order valence-corrected chi connectivity index (χ1v) is 26.9. The lowest BCUT2D eigenvalue weighted by atomic mass is 9.89. The van der Waals surface area contributed by atoms with E-state index in [0.717, 1.165) is 52.1 Å². The Morgan fingerprint density at radius 3 is 1.37 bits per heavy atom. The van der Waals surface area contributed by atoms with Gasteiger partial charge in [0.15, 0.2) is 0 Å². The van der Waals surface area contributed by atoms with Crippen LogP contribution >= 0.6 is 15.9 Å². The molecule has 0 bridgehead atoms. The maximum atomic E-state index is 13.0. The van der Waals surface area contributed by atoms with Crippen molar-refractivity contribution in [3.8, 4) is 11.5 Å². The van der Waals surface area contributed by atoms with E-state index >= 15 is 0 Å². The van der Waals surface area contributed by atoms with Crippen molar-refractivity contribution in [2.24, 2.45) is 9.98 Å². The van der Waals surface area contributed by atoms with Crippen LogP contribution in [0, 0.1) is 27.7 Å². The first-order valence-electron chi connectivity index (χ1n) is 23.1. The Bertz CT molecular complexity index is 3110. The SMILES string of the molecule is C=CS(=O)(=O)N1CCC2(CC1)N=C(c1cccc(OC(F)(F)F)c1)NC2=O.CNc1cc(C)c(/C=C/S(=O)(=O)N2CCC3(CC2)N=C(c2cccc(OC(F)(F)F)c2)NC3=O)c(C)c1.CNc1cc(C)c(Br)c(C)c1. The number of piperidine rings is 2. The van der Waals surface area contributed by atoms with E-state index in [1.165, 1.54) is 59.6 Å². The van der Waals surface area contributed by atoms with E-state index in [-0.39, 0.29) is 74.7 Å². The van der Waals surface area contributed by atoms with E-state index in [2.05, 4.69) is 89.2 Å². The fourth-order valence-electron chi connectivity index (χ4n) is 8.70. The molecule has 4 aromatic carbocycles. The maximum Gasteiger partial charge on any atom is 0.573 e. The average molecular weight is 1150 g/mol. The molecular weight excluding hydrogens is 1100 g/mol. The summed E-state index contributed by atoms with van der Waals surface area (Å²) in [7, 11) is -3.58. The molecule has 0 atom stereocenters. The Morgan fingerprint density at radius 1 is 0.640 bits per heavy atom. The van der Waals surface area contributed by atoms with Crippen LogP contribution in [0.15, 0.2) is 105 Å². The molecule has 16 nitrogen and oxygen atoms in total. The van der Waals surface area contributed by atoms with Crippen molar-refractivity contribution in [1.82, 2.24) is 19.2 Å². The molecular formula is C50H55BrF6N8O8S2. The number of amidine groups is 2. The standard InChI is InChI=1S/C25H27F3N4O4S.C16H16F3N3O4S.C9H12BrN/c1-16-13-19(29-3)14-17(2)21(16)7-12-37(34,35)32-10-8-24(9-11-32)23(33)30-22(31-24)18-5-4-6-20(15-18)36-25(26,27)28;1-2-27(24,25)22-8-6-15(7-9-22)14(23)20-13(21-15)11-4-3-5-12(10-11)26-16(17,18)19;1-6-4-8(11-3)5-7(2)9(6)10/h4-7,12-15,29H,8-11H2,1-3H3,(H,30,31,33);2-5,10H,1,6-9H2,(H,20,21,23);4-5,11H,1-3H3/b12-7+;;. The van der Waals surface area contributed by atoms with Crippen LogP contribution in [-0.4, -0.2) is 113 Å². The van der Waals surface area contributed by atoms with E-state index in [1.54, 1.807) is 6.08 Å². The zero-order valence-electron chi connectivity index (χ0n) is 41.5. The van der Waals surface area contributed by atoms with Crippen LogP contribution in [0.2, 0.25) is 0 Å². The molecule has 0 unspecified atom stereocenters. The van der Waals surface area contributed by atoms with Gasteiger partial charge in [0.1, 0.15) is 34.2 Å². The predicted molar refractivity (Wildman–Crippen MR) is 278 cm³/mol. The number of halogens is 7. The molecule has 2 saturated heterocycles. The van der Waals surface area contributed by atoms with Gasteiger partial charge in [-0.15, -0.1) is 26.3 Å². The Morgan fingerprint density at radius 2 is 1.01 bits per heavy atom. The fraction of sp³-hybridized carbons (Fsp3) is 0.360. The van der Waals surface area contributed by atoms with E-state index in [0.29, 0.717) is 0 Å². The third kappa shape index (κ3) is 14.4. The molecule has 0 aliphatic carbocycles. The predicted octanol–water partition coefficient (Wildman–Crippen LogP) is 8.83. The molecule has 404 valence electrons. The van der Waals surface area contributed by atoms with E-state index < -0.39 is 67.2 Å². The Kier molecular flexibility index (Phi) is 17.7. The number of alkyl halides is 6. The van der Waals surface area contributed by atoms with Gasteiger partial charge >= 0.3 is 12.7 Å². The number of rotatable bonds is 11. The topological polar surface area (TPSA) is 200 Å². The molecule has 4 aliphatic rings. The lowest BCUT2D eigenvalue weighted by molar-refractivity contribution is -0.275. The fourth-order valence-corrected chi connectivity index (χ4v) is 11.0. The van der Waals surface area contributed by atoms with Gasteiger partial charge in [0, 0.05) is 78.1 Å². The lowest BCUT2D eigenvalue weighted by Crippen LogP contribution is -2.50. The molecule has 4 N–H and O–H groups in total. The zero-order chi connectivity index (χ0) is 55.3. The molecule has 2 spiro atoms. The minimum atomic E-state index is -4.85. The number of ether oxygens (including phenoxy) is 2. The minimum Gasteiger partial charge on any atom is -0.406 e. The Labute approximate surface area is 439 Å². The molecule has 8 rings (SSSR count). The van der Waals surface area contributed by atoms with Gasteiger partial charge < -0.3 is 30.7 Å². The molecule has 75 heavy (non-hydrogen) atoms. The van der Waals surface area contributed by atoms with Crippen molar-refractivity contribution in [3.63, 3.8) is 0 Å². The quantitative estimate of drug-likeness (QED) is 0.105. The highest BCUT2D eigenvalue weighted by molar-refractivity contribution is 9.10. The number of aliphatic imine (C=N–C) groups is 2. The molecule has 4 aromatic rings. The monoisotopic (exact) mass is 1150 g/mol. The second-order valence-corrected chi connectivity index (χ2v) is 22.3. The van der Waals surface area contributed by atoms with Crippen LogP contribution in [-0.2, 0) is 29.6 Å². The molecule has 2 fully saturated rings. The van der Waals surface area contributed by atoms with Crippen LogP contribution < -0.4 is 30.7 Å². The highest BCUT2D eigenvalue weighted by Crippen LogP contribution is 2.35. The first kappa shape index (κ1) is 58.0. The van der Waals surface area contributed by atoms with Gasteiger partial charge in [-0.1, -0.05) is 46.8 Å². The van der Waals surface area contributed by atoms with Gasteiger partial charge in [0.2, 0.25) is 20.0 Å². The Balaban J connectivity index is 0.000000209. The van der Waals surface area contributed by atoms with Gasteiger partial charge in [-0.3, -0.25) is 19.6 Å². The molecule has 25 heteroatoms. The van der Waals surface area contributed by atoms with Crippen molar-refractivity contribution < 1.29 is 62.2 Å². The van der Waals surface area contributed by atoms with Gasteiger partial charge in [-0.05, 0) is 136 Å². The molecule has 4 heterocycles. The zero-order valence-corrected chi connectivity index (χ0v) is 44.8.